The lowest BCUT2D eigenvalue weighted by Gasteiger charge is -2.28. The Balaban J connectivity index is 2.11. The Morgan fingerprint density at radius 2 is 1.00 bits per heavy atom. The third-order valence-electron chi connectivity index (χ3n) is 7.28. The van der Waals surface area contributed by atoms with E-state index in [1.807, 2.05) is 0 Å². The molecule has 0 amide bonds. The van der Waals surface area contributed by atoms with Crippen molar-refractivity contribution in [3.8, 4) is 0 Å². The van der Waals surface area contributed by atoms with Crippen LogP contribution in [0, 0.1) is 17.8 Å². The molecule has 1 saturated carbocycles. The minimum Gasteiger partial charge on any atom is -0.465 e. The van der Waals surface area contributed by atoms with E-state index in [9.17, 15) is 9.59 Å². The Morgan fingerprint density at radius 3 is 1.41 bits per heavy atom. The standard InChI is InChI=1S/C30H56O4/c1-4-5-6-7-8-9-10-11-12-14-19-24-33-29(31)27-22-17-18-23-28(27)30(32)34-25-20-15-13-16-21-26(2)3/h26-28H,4-25H2,1-3H3. The summed E-state index contributed by atoms with van der Waals surface area (Å²) in [6.45, 7) is 7.75. The highest BCUT2D eigenvalue weighted by atomic mass is 16.5. The zero-order valence-corrected chi connectivity index (χ0v) is 22.9. The van der Waals surface area contributed by atoms with Crippen molar-refractivity contribution in [1.29, 1.82) is 0 Å². The highest BCUT2D eigenvalue weighted by Gasteiger charge is 2.37. The molecule has 2 atom stereocenters. The van der Waals surface area contributed by atoms with Crippen molar-refractivity contribution in [2.45, 2.75) is 149 Å². The van der Waals surface area contributed by atoms with Crippen LogP contribution in [0.5, 0.6) is 0 Å². The van der Waals surface area contributed by atoms with Crippen LogP contribution in [0.2, 0.25) is 0 Å². The summed E-state index contributed by atoms with van der Waals surface area (Å²) in [5.41, 5.74) is 0. The van der Waals surface area contributed by atoms with Gasteiger partial charge in [-0.15, -0.1) is 0 Å². The summed E-state index contributed by atoms with van der Waals surface area (Å²) >= 11 is 0. The molecule has 0 radical (unpaired) electrons. The average Bonchev–Trinajstić information content (AvgIpc) is 2.83. The summed E-state index contributed by atoms with van der Waals surface area (Å²) in [4.78, 5) is 25.3. The lowest BCUT2D eigenvalue weighted by molar-refractivity contribution is -0.163. The number of esters is 2. The van der Waals surface area contributed by atoms with Gasteiger partial charge in [-0.1, -0.05) is 124 Å². The molecule has 0 saturated heterocycles. The van der Waals surface area contributed by atoms with Crippen LogP contribution in [0.15, 0.2) is 0 Å². The predicted molar refractivity (Wildman–Crippen MR) is 142 cm³/mol. The molecular formula is C30H56O4. The largest absolute Gasteiger partial charge is 0.465 e. The van der Waals surface area contributed by atoms with E-state index in [0.717, 1.165) is 57.3 Å². The first-order valence-corrected chi connectivity index (χ1v) is 14.9. The maximum atomic E-state index is 12.7. The number of carbonyl (C=O) groups excluding carboxylic acids is 2. The highest BCUT2D eigenvalue weighted by Crippen LogP contribution is 2.32. The molecular weight excluding hydrogens is 424 g/mol. The van der Waals surface area contributed by atoms with E-state index < -0.39 is 0 Å². The molecule has 0 aliphatic heterocycles. The van der Waals surface area contributed by atoms with Crippen LogP contribution in [0.4, 0.5) is 0 Å². The number of rotatable bonds is 21. The lowest BCUT2D eigenvalue weighted by atomic mass is 9.79. The fourth-order valence-electron chi connectivity index (χ4n) is 5.03. The van der Waals surface area contributed by atoms with Crippen molar-refractivity contribution in [1.82, 2.24) is 0 Å². The van der Waals surface area contributed by atoms with E-state index >= 15 is 0 Å². The van der Waals surface area contributed by atoms with Gasteiger partial charge in [-0.3, -0.25) is 9.59 Å². The number of hydrogen-bond acceptors (Lipinski definition) is 4. The molecule has 1 rings (SSSR count). The summed E-state index contributed by atoms with van der Waals surface area (Å²) in [5, 5.41) is 0. The van der Waals surface area contributed by atoms with Crippen LogP contribution >= 0.6 is 0 Å². The second kappa shape index (κ2) is 21.2. The van der Waals surface area contributed by atoms with Crippen molar-refractivity contribution in [2.75, 3.05) is 13.2 Å². The molecule has 0 spiro atoms. The first-order valence-electron chi connectivity index (χ1n) is 14.9. The third-order valence-corrected chi connectivity index (χ3v) is 7.28. The minimum absolute atomic E-state index is 0.178. The Bertz CT molecular complexity index is 502. The van der Waals surface area contributed by atoms with Crippen molar-refractivity contribution in [3.63, 3.8) is 0 Å². The fourth-order valence-corrected chi connectivity index (χ4v) is 5.03. The first-order chi connectivity index (χ1) is 16.6. The van der Waals surface area contributed by atoms with Crippen LogP contribution in [0.25, 0.3) is 0 Å². The van der Waals surface area contributed by atoms with Gasteiger partial charge in [-0.05, 0) is 31.6 Å². The number of unbranched alkanes of at least 4 members (excludes halogenated alkanes) is 13. The fraction of sp³-hybridized carbons (Fsp3) is 0.933. The topological polar surface area (TPSA) is 52.6 Å². The minimum atomic E-state index is -0.306. The summed E-state index contributed by atoms with van der Waals surface area (Å²) in [7, 11) is 0. The Kier molecular flexibility index (Phi) is 19.3. The van der Waals surface area contributed by atoms with Gasteiger partial charge in [0.25, 0.3) is 0 Å². The van der Waals surface area contributed by atoms with E-state index in [2.05, 4.69) is 20.8 Å². The van der Waals surface area contributed by atoms with Gasteiger partial charge in [0.15, 0.2) is 0 Å². The van der Waals surface area contributed by atoms with Crippen LogP contribution in [-0.2, 0) is 19.1 Å². The second-order valence-electron chi connectivity index (χ2n) is 11.0. The van der Waals surface area contributed by atoms with E-state index in [1.54, 1.807) is 0 Å². The molecule has 1 aliphatic rings. The first kappa shape index (κ1) is 31.0. The van der Waals surface area contributed by atoms with Gasteiger partial charge in [0.1, 0.15) is 0 Å². The van der Waals surface area contributed by atoms with Crippen molar-refractivity contribution >= 4 is 11.9 Å². The van der Waals surface area contributed by atoms with Crippen LogP contribution in [0.1, 0.15) is 149 Å². The molecule has 2 unspecified atom stereocenters. The monoisotopic (exact) mass is 480 g/mol. The van der Waals surface area contributed by atoms with Gasteiger partial charge in [0, 0.05) is 0 Å². The Hall–Kier alpha value is -1.06. The van der Waals surface area contributed by atoms with Crippen molar-refractivity contribution in [3.05, 3.63) is 0 Å². The molecule has 4 nitrogen and oxygen atoms in total. The van der Waals surface area contributed by atoms with Gasteiger partial charge in [0.05, 0.1) is 25.0 Å². The van der Waals surface area contributed by atoms with Crippen LogP contribution < -0.4 is 0 Å². The Labute approximate surface area is 211 Å². The van der Waals surface area contributed by atoms with Crippen molar-refractivity contribution in [2.24, 2.45) is 17.8 Å². The number of ether oxygens (including phenoxy) is 2. The maximum absolute atomic E-state index is 12.7. The molecule has 0 N–H and O–H groups in total. The molecule has 0 aromatic heterocycles. The van der Waals surface area contributed by atoms with Crippen LogP contribution in [-0.4, -0.2) is 25.2 Å². The third kappa shape index (κ3) is 15.8. The maximum Gasteiger partial charge on any atom is 0.309 e. The van der Waals surface area contributed by atoms with Gasteiger partial charge in [0.2, 0.25) is 0 Å². The molecule has 0 aromatic carbocycles. The Morgan fingerprint density at radius 1 is 0.618 bits per heavy atom. The summed E-state index contributed by atoms with van der Waals surface area (Å²) in [6, 6.07) is 0. The summed E-state index contributed by atoms with van der Waals surface area (Å²) in [5.74, 6) is -0.212. The van der Waals surface area contributed by atoms with Crippen molar-refractivity contribution < 1.29 is 19.1 Å². The number of carbonyl (C=O) groups is 2. The summed E-state index contributed by atoms with van der Waals surface area (Å²) < 4.78 is 11.1. The zero-order chi connectivity index (χ0) is 24.9. The predicted octanol–water partition coefficient (Wildman–Crippen LogP) is 8.80. The summed E-state index contributed by atoms with van der Waals surface area (Å²) in [6.07, 6.45) is 23.3. The van der Waals surface area contributed by atoms with E-state index in [1.165, 1.54) is 77.0 Å². The van der Waals surface area contributed by atoms with E-state index in [0.29, 0.717) is 13.2 Å². The molecule has 0 bridgehead atoms. The normalized spacial score (nSPS) is 18.2. The lowest BCUT2D eigenvalue weighted by Crippen LogP contribution is -2.35. The molecule has 1 aliphatic carbocycles. The number of hydrogen-bond donors (Lipinski definition) is 0. The van der Waals surface area contributed by atoms with Gasteiger partial charge < -0.3 is 9.47 Å². The van der Waals surface area contributed by atoms with E-state index in [-0.39, 0.29) is 23.8 Å². The molecule has 200 valence electrons. The smallest absolute Gasteiger partial charge is 0.309 e. The van der Waals surface area contributed by atoms with E-state index in [4.69, 9.17) is 9.47 Å². The van der Waals surface area contributed by atoms with Gasteiger partial charge >= 0.3 is 11.9 Å². The quantitative estimate of drug-likeness (QED) is 0.122. The highest BCUT2D eigenvalue weighted by molar-refractivity contribution is 5.82. The molecule has 1 fully saturated rings. The van der Waals surface area contributed by atoms with Crippen LogP contribution in [0.3, 0.4) is 0 Å². The SMILES string of the molecule is CCCCCCCCCCCCCOC(=O)C1CCCCC1C(=O)OCCCCCCC(C)C. The molecule has 0 heterocycles. The zero-order valence-electron chi connectivity index (χ0n) is 22.9. The molecule has 4 heteroatoms. The average molecular weight is 481 g/mol. The molecule has 34 heavy (non-hydrogen) atoms. The second-order valence-corrected chi connectivity index (χ2v) is 11.0. The molecule has 0 aromatic rings. The van der Waals surface area contributed by atoms with Gasteiger partial charge in [-0.25, -0.2) is 0 Å². The van der Waals surface area contributed by atoms with Gasteiger partial charge in [-0.2, -0.15) is 0 Å².